The van der Waals surface area contributed by atoms with Crippen molar-refractivity contribution in [3.8, 4) is 0 Å². The van der Waals surface area contributed by atoms with E-state index >= 15 is 0 Å². The first-order chi connectivity index (χ1) is 16.5. The van der Waals surface area contributed by atoms with E-state index in [2.05, 4.69) is 29.1 Å². The molecule has 0 radical (unpaired) electrons. The average molecular weight is 470 g/mol. The molecule has 2 amide bonds. The molecule has 2 N–H and O–H groups in total. The smallest absolute Gasteiger partial charge is 0.253 e. The van der Waals surface area contributed by atoms with Gasteiger partial charge in [0.25, 0.3) is 5.91 Å². The van der Waals surface area contributed by atoms with E-state index in [9.17, 15) is 9.59 Å². The Hall–Kier alpha value is -2.38. The van der Waals surface area contributed by atoms with Gasteiger partial charge in [-0.3, -0.25) is 9.59 Å². The van der Waals surface area contributed by atoms with Gasteiger partial charge < -0.3 is 24.6 Å². The molecule has 4 rings (SSSR count). The number of hydrogen-bond acceptors (Lipinski definition) is 4. The fourth-order valence-electron chi connectivity index (χ4n) is 5.83. The van der Waals surface area contributed by atoms with Crippen LogP contribution in [0.1, 0.15) is 60.6 Å². The SMILES string of the molecule is CCN(CCCC(=O)NCCO)C(=O)c1ccc2c(c1)c1c(n2C)CCC(C2CCOCC2)C1. The number of amides is 2. The van der Waals surface area contributed by atoms with Crippen LogP contribution in [-0.4, -0.2) is 65.8 Å². The van der Waals surface area contributed by atoms with Gasteiger partial charge >= 0.3 is 0 Å². The van der Waals surface area contributed by atoms with E-state index < -0.39 is 0 Å². The number of benzene rings is 1. The summed E-state index contributed by atoms with van der Waals surface area (Å²) in [7, 11) is 2.15. The molecule has 0 spiro atoms. The van der Waals surface area contributed by atoms with E-state index in [4.69, 9.17) is 9.84 Å². The molecule has 1 atom stereocenters. The van der Waals surface area contributed by atoms with Crippen molar-refractivity contribution in [1.82, 2.24) is 14.8 Å². The molecule has 7 nitrogen and oxygen atoms in total. The lowest BCUT2D eigenvalue weighted by molar-refractivity contribution is -0.121. The minimum atomic E-state index is -0.0889. The van der Waals surface area contributed by atoms with Crippen LogP contribution in [0.3, 0.4) is 0 Å². The number of carbonyl (C=O) groups excluding carboxylic acids is 2. The third kappa shape index (κ3) is 5.31. The average Bonchev–Trinajstić information content (AvgIpc) is 3.16. The fourth-order valence-corrected chi connectivity index (χ4v) is 5.83. The van der Waals surface area contributed by atoms with Gasteiger partial charge in [0.2, 0.25) is 5.91 Å². The first-order valence-electron chi connectivity index (χ1n) is 12.9. The lowest BCUT2D eigenvalue weighted by Crippen LogP contribution is -2.33. The predicted octanol–water partition coefficient (Wildman–Crippen LogP) is 3.06. The summed E-state index contributed by atoms with van der Waals surface area (Å²) in [5.74, 6) is 1.38. The van der Waals surface area contributed by atoms with Crippen molar-refractivity contribution in [3.05, 3.63) is 35.0 Å². The Morgan fingerprint density at radius 2 is 2.00 bits per heavy atom. The molecule has 186 valence electrons. The number of aliphatic hydroxyl groups excluding tert-OH is 1. The lowest BCUT2D eigenvalue weighted by Gasteiger charge is -2.33. The van der Waals surface area contributed by atoms with Crippen molar-refractivity contribution in [2.75, 3.05) is 39.5 Å². The zero-order chi connectivity index (χ0) is 24.1. The number of carbonyl (C=O) groups is 2. The summed E-state index contributed by atoms with van der Waals surface area (Å²) < 4.78 is 7.91. The van der Waals surface area contributed by atoms with Gasteiger partial charge in [-0.15, -0.1) is 0 Å². The normalized spacial score (nSPS) is 18.6. The standard InChI is InChI=1S/C27H39N3O4/c1-3-30(13-4-5-26(32)28-12-14-31)27(33)21-7-9-25-23(18-21)22-17-20(6-8-24(22)29(25)2)19-10-15-34-16-11-19/h7,9,18-20,31H,3-6,8,10-17H2,1-2H3,(H,28,32). The molecule has 1 aliphatic heterocycles. The zero-order valence-corrected chi connectivity index (χ0v) is 20.6. The van der Waals surface area contributed by atoms with E-state index in [0.717, 1.165) is 50.4 Å². The zero-order valence-electron chi connectivity index (χ0n) is 20.6. The number of rotatable bonds is 9. The van der Waals surface area contributed by atoms with Crippen molar-refractivity contribution in [3.63, 3.8) is 0 Å². The maximum absolute atomic E-state index is 13.3. The third-order valence-corrected chi connectivity index (χ3v) is 7.77. The van der Waals surface area contributed by atoms with E-state index in [0.29, 0.717) is 31.8 Å². The van der Waals surface area contributed by atoms with Gasteiger partial charge in [0.15, 0.2) is 0 Å². The van der Waals surface area contributed by atoms with Crippen molar-refractivity contribution in [2.24, 2.45) is 18.9 Å². The van der Waals surface area contributed by atoms with Gasteiger partial charge in [-0.25, -0.2) is 0 Å². The summed E-state index contributed by atoms with van der Waals surface area (Å²) in [4.78, 5) is 26.9. The Balaban J connectivity index is 1.49. The summed E-state index contributed by atoms with van der Waals surface area (Å²) >= 11 is 0. The Kier molecular flexibility index (Phi) is 8.27. The van der Waals surface area contributed by atoms with E-state index in [1.165, 1.54) is 28.6 Å². The van der Waals surface area contributed by atoms with Crippen molar-refractivity contribution in [1.29, 1.82) is 0 Å². The van der Waals surface area contributed by atoms with E-state index in [1.807, 2.05) is 17.9 Å². The molecule has 0 bridgehead atoms. The molecule has 1 aromatic heterocycles. The van der Waals surface area contributed by atoms with Crippen LogP contribution in [0.25, 0.3) is 10.9 Å². The number of fused-ring (bicyclic) bond motifs is 3. The first kappa shape index (κ1) is 24.7. The van der Waals surface area contributed by atoms with Crippen LogP contribution in [0.2, 0.25) is 0 Å². The van der Waals surface area contributed by atoms with Gasteiger partial charge in [-0.05, 0) is 81.0 Å². The second kappa shape index (κ2) is 11.4. The largest absolute Gasteiger partial charge is 0.395 e. The Morgan fingerprint density at radius 3 is 2.74 bits per heavy atom. The third-order valence-electron chi connectivity index (χ3n) is 7.77. The number of nitrogens with one attached hydrogen (secondary N) is 1. The lowest BCUT2D eigenvalue weighted by atomic mass is 9.75. The first-order valence-corrected chi connectivity index (χ1v) is 12.9. The van der Waals surface area contributed by atoms with Crippen LogP contribution >= 0.6 is 0 Å². The van der Waals surface area contributed by atoms with Crippen molar-refractivity contribution >= 4 is 22.7 Å². The Morgan fingerprint density at radius 1 is 1.21 bits per heavy atom. The monoisotopic (exact) mass is 469 g/mol. The summed E-state index contributed by atoms with van der Waals surface area (Å²) in [5, 5.41) is 12.7. The van der Waals surface area contributed by atoms with Crippen molar-refractivity contribution in [2.45, 2.75) is 51.9 Å². The maximum atomic E-state index is 13.3. The Labute approximate surface area is 202 Å². The van der Waals surface area contributed by atoms with Gasteiger partial charge in [0.05, 0.1) is 6.61 Å². The number of ether oxygens (including phenoxy) is 1. The number of aliphatic hydroxyl groups is 1. The Bertz CT molecular complexity index is 1010. The molecule has 2 heterocycles. The molecule has 1 fully saturated rings. The number of aromatic nitrogens is 1. The van der Waals surface area contributed by atoms with Crippen LogP contribution in [-0.2, 0) is 29.4 Å². The summed E-state index contributed by atoms with van der Waals surface area (Å²) in [6.45, 7) is 5.10. The molecule has 1 unspecified atom stereocenters. The molecular weight excluding hydrogens is 430 g/mol. The van der Waals surface area contributed by atoms with Crippen LogP contribution in [0.4, 0.5) is 0 Å². The molecule has 0 saturated carbocycles. The van der Waals surface area contributed by atoms with E-state index in [1.54, 1.807) is 0 Å². The van der Waals surface area contributed by atoms with Crippen molar-refractivity contribution < 1.29 is 19.4 Å². The maximum Gasteiger partial charge on any atom is 0.253 e. The predicted molar refractivity (Wildman–Crippen MR) is 133 cm³/mol. The number of nitrogens with zero attached hydrogens (tertiary/aromatic N) is 2. The second-order valence-corrected chi connectivity index (χ2v) is 9.73. The van der Waals surface area contributed by atoms with Crippen LogP contribution in [0, 0.1) is 11.8 Å². The van der Waals surface area contributed by atoms with Crippen LogP contribution in [0.15, 0.2) is 18.2 Å². The highest BCUT2D eigenvalue weighted by Crippen LogP contribution is 2.39. The highest BCUT2D eigenvalue weighted by molar-refractivity contribution is 5.99. The summed E-state index contributed by atoms with van der Waals surface area (Å²) in [6.07, 6.45) is 6.72. The quantitative estimate of drug-likeness (QED) is 0.591. The van der Waals surface area contributed by atoms with Gasteiger partial charge in [0, 0.05) is 68.5 Å². The van der Waals surface area contributed by atoms with Gasteiger partial charge in [-0.1, -0.05) is 0 Å². The van der Waals surface area contributed by atoms with Gasteiger partial charge in [0.1, 0.15) is 0 Å². The molecule has 1 saturated heterocycles. The van der Waals surface area contributed by atoms with Gasteiger partial charge in [-0.2, -0.15) is 0 Å². The molecule has 34 heavy (non-hydrogen) atoms. The summed E-state index contributed by atoms with van der Waals surface area (Å²) in [6, 6.07) is 6.14. The highest BCUT2D eigenvalue weighted by Gasteiger charge is 2.31. The fraction of sp³-hybridized carbons (Fsp3) is 0.630. The number of aryl methyl sites for hydroxylation is 1. The molecule has 2 aliphatic rings. The molecule has 1 aromatic carbocycles. The topological polar surface area (TPSA) is 83.8 Å². The van der Waals surface area contributed by atoms with Crippen LogP contribution in [0.5, 0.6) is 0 Å². The second-order valence-electron chi connectivity index (χ2n) is 9.73. The highest BCUT2D eigenvalue weighted by atomic mass is 16.5. The number of hydrogen-bond donors (Lipinski definition) is 2. The minimum absolute atomic E-state index is 0.0227. The minimum Gasteiger partial charge on any atom is -0.395 e. The molecular formula is C27H39N3O4. The van der Waals surface area contributed by atoms with E-state index in [-0.39, 0.29) is 25.0 Å². The molecule has 1 aliphatic carbocycles. The van der Waals surface area contributed by atoms with Crippen LogP contribution < -0.4 is 5.32 Å². The molecule has 7 heteroatoms. The molecule has 2 aromatic rings. The summed E-state index contributed by atoms with van der Waals surface area (Å²) in [5.41, 5.74) is 4.78.